The molecule has 0 saturated carbocycles. The molecule has 1 fully saturated rings. The zero-order valence-electron chi connectivity index (χ0n) is 18.5. The predicted octanol–water partition coefficient (Wildman–Crippen LogP) is 2.70. The number of sulfonamides is 1. The van der Waals surface area contributed by atoms with Gasteiger partial charge in [0.2, 0.25) is 10.0 Å². The van der Waals surface area contributed by atoms with E-state index in [2.05, 4.69) is 34.0 Å². The van der Waals surface area contributed by atoms with E-state index in [0.717, 1.165) is 48.9 Å². The summed E-state index contributed by atoms with van der Waals surface area (Å²) >= 11 is 0. The molecule has 1 unspecified atom stereocenters. The topological polar surface area (TPSA) is 83.0 Å². The maximum Gasteiger partial charge on any atom is 0.215 e. The number of methoxy groups -OCH3 is 1. The largest absolute Gasteiger partial charge is 0.497 e. The Hall–Kier alpha value is -2.58. The molecule has 1 aliphatic rings. The van der Waals surface area contributed by atoms with Crippen molar-refractivity contribution in [1.29, 1.82) is 0 Å². The number of aliphatic imine (C=N–C) groups is 1. The number of guanidine groups is 1. The molecule has 31 heavy (non-hydrogen) atoms. The molecule has 1 atom stereocenters. The molecule has 0 radical (unpaired) electrons. The SMILES string of the molecule is CCNC(=NCc1cccc(CS(=O)(=O)NC)c1)N1CCC(c2ccc(OC)cc2)C1. The summed E-state index contributed by atoms with van der Waals surface area (Å²) in [4.78, 5) is 7.12. The summed E-state index contributed by atoms with van der Waals surface area (Å²) in [5.74, 6) is 2.20. The minimum Gasteiger partial charge on any atom is -0.497 e. The minimum absolute atomic E-state index is 0.0310. The van der Waals surface area contributed by atoms with Gasteiger partial charge in [0.25, 0.3) is 0 Å². The summed E-state index contributed by atoms with van der Waals surface area (Å²) < 4.78 is 31.3. The first kappa shape index (κ1) is 23.1. The molecular formula is C23H32N4O3S. The van der Waals surface area contributed by atoms with E-state index in [4.69, 9.17) is 9.73 Å². The monoisotopic (exact) mass is 444 g/mol. The Kier molecular flexibility index (Phi) is 7.92. The molecule has 2 N–H and O–H groups in total. The minimum atomic E-state index is -3.29. The van der Waals surface area contributed by atoms with Gasteiger partial charge in [-0.2, -0.15) is 0 Å². The Bertz CT molecular complexity index is 990. The molecule has 0 spiro atoms. The van der Waals surface area contributed by atoms with Crippen molar-refractivity contribution in [2.75, 3.05) is 33.8 Å². The van der Waals surface area contributed by atoms with E-state index in [9.17, 15) is 8.42 Å². The van der Waals surface area contributed by atoms with Crippen LogP contribution in [0, 0.1) is 0 Å². The van der Waals surface area contributed by atoms with Crippen molar-refractivity contribution in [2.24, 2.45) is 4.99 Å². The van der Waals surface area contributed by atoms with E-state index >= 15 is 0 Å². The quantitative estimate of drug-likeness (QED) is 0.483. The highest BCUT2D eigenvalue weighted by Gasteiger charge is 2.26. The standard InChI is InChI=1S/C23H32N4O3S/c1-4-25-23(26-15-18-6-5-7-19(14-18)17-31(28,29)24-2)27-13-12-21(16-27)20-8-10-22(30-3)11-9-20/h5-11,14,21,24H,4,12-13,15-17H2,1-3H3,(H,25,26). The molecule has 7 nitrogen and oxygen atoms in total. The Balaban J connectivity index is 1.68. The van der Waals surface area contributed by atoms with Gasteiger partial charge in [-0.3, -0.25) is 0 Å². The second-order valence-corrected chi connectivity index (χ2v) is 9.58. The number of benzene rings is 2. The smallest absolute Gasteiger partial charge is 0.215 e. The van der Waals surface area contributed by atoms with Crippen LogP contribution in [0.3, 0.4) is 0 Å². The molecular weight excluding hydrogens is 412 g/mol. The number of hydrogen-bond donors (Lipinski definition) is 2. The van der Waals surface area contributed by atoms with Crippen LogP contribution in [0.2, 0.25) is 0 Å². The van der Waals surface area contributed by atoms with E-state index in [0.29, 0.717) is 12.5 Å². The average molecular weight is 445 g/mol. The van der Waals surface area contributed by atoms with Gasteiger partial charge in [0.05, 0.1) is 19.4 Å². The van der Waals surface area contributed by atoms with Gasteiger partial charge in [-0.05, 0) is 49.2 Å². The van der Waals surface area contributed by atoms with Crippen molar-refractivity contribution in [1.82, 2.24) is 14.9 Å². The molecule has 1 aliphatic heterocycles. The third kappa shape index (κ3) is 6.45. The molecule has 1 saturated heterocycles. The van der Waals surface area contributed by atoms with E-state index < -0.39 is 10.0 Å². The molecule has 168 valence electrons. The van der Waals surface area contributed by atoms with Gasteiger partial charge in [-0.1, -0.05) is 36.4 Å². The summed E-state index contributed by atoms with van der Waals surface area (Å²) in [6, 6.07) is 15.9. The Labute approximate surface area is 185 Å². The van der Waals surface area contributed by atoms with Gasteiger partial charge in [0.15, 0.2) is 5.96 Å². The summed E-state index contributed by atoms with van der Waals surface area (Å²) in [7, 11) is -0.180. The molecule has 2 aromatic carbocycles. The van der Waals surface area contributed by atoms with Crippen molar-refractivity contribution in [2.45, 2.75) is 31.6 Å². The fraction of sp³-hybridized carbons (Fsp3) is 0.435. The number of rotatable bonds is 8. The normalized spacial score (nSPS) is 17.1. The van der Waals surface area contributed by atoms with E-state index in [1.807, 2.05) is 36.4 Å². The van der Waals surface area contributed by atoms with Crippen LogP contribution in [-0.4, -0.2) is 53.1 Å². The van der Waals surface area contributed by atoms with Gasteiger partial charge < -0.3 is 15.0 Å². The molecule has 0 bridgehead atoms. The number of likely N-dealkylation sites (tertiary alicyclic amines) is 1. The van der Waals surface area contributed by atoms with Gasteiger partial charge in [-0.15, -0.1) is 0 Å². The molecule has 1 heterocycles. The van der Waals surface area contributed by atoms with Crippen LogP contribution in [0.15, 0.2) is 53.5 Å². The third-order valence-corrected chi connectivity index (χ3v) is 6.82. The predicted molar refractivity (Wildman–Crippen MR) is 125 cm³/mol. The Morgan fingerprint density at radius 2 is 1.94 bits per heavy atom. The molecule has 0 amide bonds. The van der Waals surface area contributed by atoms with Crippen LogP contribution in [0.1, 0.15) is 36.0 Å². The van der Waals surface area contributed by atoms with Crippen molar-refractivity contribution < 1.29 is 13.2 Å². The molecule has 2 aromatic rings. The van der Waals surface area contributed by atoms with Crippen LogP contribution in [-0.2, 0) is 22.3 Å². The molecule has 8 heteroatoms. The van der Waals surface area contributed by atoms with Crippen LogP contribution in [0.25, 0.3) is 0 Å². The molecule has 0 aliphatic carbocycles. The molecule has 0 aromatic heterocycles. The second-order valence-electron chi connectivity index (χ2n) is 7.66. The first-order chi connectivity index (χ1) is 14.9. The summed E-state index contributed by atoms with van der Waals surface area (Å²) in [5.41, 5.74) is 3.07. The maximum absolute atomic E-state index is 11.8. The lowest BCUT2D eigenvalue weighted by Crippen LogP contribution is -2.40. The van der Waals surface area contributed by atoms with E-state index in [-0.39, 0.29) is 5.75 Å². The number of nitrogens with one attached hydrogen (secondary N) is 2. The molecule has 3 rings (SSSR count). The van der Waals surface area contributed by atoms with Crippen molar-refractivity contribution in [3.05, 3.63) is 65.2 Å². The van der Waals surface area contributed by atoms with Gasteiger partial charge >= 0.3 is 0 Å². The van der Waals surface area contributed by atoms with Gasteiger partial charge in [-0.25, -0.2) is 18.1 Å². The number of ether oxygens (including phenoxy) is 1. The highest BCUT2D eigenvalue weighted by molar-refractivity contribution is 7.88. The zero-order valence-corrected chi connectivity index (χ0v) is 19.3. The lowest BCUT2D eigenvalue weighted by atomic mass is 9.98. The Morgan fingerprint density at radius 3 is 2.61 bits per heavy atom. The highest BCUT2D eigenvalue weighted by atomic mass is 32.2. The fourth-order valence-electron chi connectivity index (χ4n) is 3.80. The van der Waals surface area contributed by atoms with E-state index in [1.165, 1.54) is 12.6 Å². The first-order valence-corrected chi connectivity index (χ1v) is 12.3. The van der Waals surface area contributed by atoms with Crippen molar-refractivity contribution in [3.8, 4) is 5.75 Å². The average Bonchev–Trinajstić information content (AvgIpc) is 3.27. The summed E-state index contributed by atoms with van der Waals surface area (Å²) in [6.45, 7) is 5.22. The summed E-state index contributed by atoms with van der Waals surface area (Å²) in [5, 5.41) is 3.40. The number of hydrogen-bond acceptors (Lipinski definition) is 4. The van der Waals surface area contributed by atoms with Crippen LogP contribution in [0.4, 0.5) is 0 Å². The van der Waals surface area contributed by atoms with Crippen LogP contribution < -0.4 is 14.8 Å². The van der Waals surface area contributed by atoms with Crippen molar-refractivity contribution in [3.63, 3.8) is 0 Å². The maximum atomic E-state index is 11.8. The Morgan fingerprint density at radius 1 is 1.19 bits per heavy atom. The third-order valence-electron chi connectivity index (χ3n) is 5.48. The number of nitrogens with zero attached hydrogens (tertiary/aromatic N) is 2. The van der Waals surface area contributed by atoms with Crippen LogP contribution in [0.5, 0.6) is 5.75 Å². The highest BCUT2D eigenvalue weighted by Crippen LogP contribution is 2.28. The van der Waals surface area contributed by atoms with Gasteiger partial charge in [0, 0.05) is 25.6 Å². The lowest BCUT2D eigenvalue weighted by Gasteiger charge is -2.22. The summed E-state index contributed by atoms with van der Waals surface area (Å²) in [6.07, 6.45) is 1.08. The second kappa shape index (κ2) is 10.6. The zero-order chi connectivity index (χ0) is 22.3. The lowest BCUT2D eigenvalue weighted by molar-refractivity contribution is 0.414. The van der Waals surface area contributed by atoms with E-state index in [1.54, 1.807) is 7.11 Å². The first-order valence-electron chi connectivity index (χ1n) is 10.6. The van der Waals surface area contributed by atoms with Crippen molar-refractivity contribution >= 4 is 16.0 Å². The van der Waals surface area contributed by atoms with Crippen LogP contribution >= 0.6 is 0 Å². The fourth-order valence-corrected chi connectivity index (χ4v) is 4.56. The van der Waals surface area contributed by atoms with Gasteiger partial charge in [0.1, 0.15) is 5.75 Å².